The largest absolute Gasteiger partial charge is 0.476 e. The van der Waals surface area contributed by atoms with Gasteiger partial charge in [-0.2, -0.15) is 5.10 Å². The van der Waals surface area contributed by atoms with Crippen LogP contribution in [-0.4, -0.2) is 20.9 Å². The van der Waals surface area contributed by atoms with Crippen molar-refractivity contribution in [2.75, 3.05) is 0 Å². The number of nitrogens with zero attached hydrogens (tertiary/aromatic N) is 2. The number of carboxylic acids is 1. The minimum absolute atomic E-state index is 0.103. The Bertz CT molecular complexity index is 763. The molecule has 6 heteroatoms. The van der Waals surface area contributed by atoms with Gasteiger partial charge < -0.3 is 5.11 Å². The van der Waals surface area contributed by atoms with E-state index in [0.717, 1.165) is 14.2 Å². The van der Waals surface area contributed by atoms with Gasteiger partial charge in [-0.1, -0.05) is 18.2 Å². The highest BCUT2D eigenvalue weighted by atomic mass is 79.9. The number of rotatable bonds is 3. The number of carbonyl (C=O) groups is 1. The number of aromatic carboxylic acids is 1. The van der Waals surface area contributed by atoms with Gasteiger partial charge in [-0.25, -0.2) is 4.79 Å². The number of thiophene rings is 1. The van der Waals surface area contributed by atoms with Crippen LogP contribution in [0.3, 0.4) is 0 Å². The standard InChI is InChI=1S/C13H9BrN2O2S/c14-11-6-5-8(19-11)7-16-10-4-2-1-3-9(10)12(15-16)13(17)18/h1-6H,7H2,(H,17,18). The molecule has 0 aliphatic rings. The summed E-state index contributed by atoms with van der Waals surface area (Å²) in [6.07, 6.45) is 0. The van der Waals surface area contributed by atoms with Crippen LogP contribution < -0.4 is 0 Å². The summed E-state index contributed by atoms with van der Waals surface area (Å²) >= 11 is 5.04. The lowest BCUT2D eigenvalue weighted by atomic mass is 10.2. The maximum atomic E-state index is 11.2. The molecule has 0 radical (unpaired) electrons. The lowest BCUT2D eigenvalue weighted by molar-refractivity contribution is 0.0691. The molecule has 0 aliphatic carbocycles. The third-order valence-electron chi connectivity index (χ3n) is 2.79. The molecular weight excluding hydrogens is 328 g/mol. The van der Waals surface area contributed by atoms with Crippen molar-refractivity contribution in [1.82, 2.24) is 9.78 Å². The van der Waals surface area contributed by atoms with E-state index in [0.29, 0.717) is 11.9 Å². The van der Waals surface area contributed by atoms with E-state index in [-0.39, 0.29) is 5.69 Å². The van der Waals surface area contributed by atoms with Crippen LogP contribution in [0.2, 0.25) is 0 Å². The summed E-state index contributed by atoms with van der Waals surface area (Å²) in [6.45, 7) is 0.573. The molecule has 2 heterocycles. The lowest BCUT2D eigenvalue weighted by Crippen LogP contribution is -2.03. The molecule has 0 bridgehead atoms. The van der Waals surface area contributed by atoms with E-state index < -0.39 is 5.97 Å². The number of fused-ring (bicyclic) bond motifs is 1. The smallest absolute Gasteiger partial charge is 0.357 e. The van der Waals surface area contributed by atoms with Crippen LogP contribution >= 0.6 is 27.3 Å². The van der Waals surface area contributed by atoms with Crippen molar-refractivity contribution < 1.29 is 9.90 Å². The molecule has 0 saturated heterocycles. The molecule has 3 aromatic rings. The predicted molar refractivity (Wildman–Crippen MR) is 77.8 cm³/mol. The quantitative estimate of drug-likeness (QED) is 0.794. The Balaban J connectivity index is 2.11. The topological polar surface area (TPSA) is 55.1 Å². The molecule has 0 fully saturated rings. The second-order valence-corrected chi connectivity index (χ2v) is 6.58. The number of benzene rings is 1. The van der Waals surface area contributed by atoms with Gasteiger partial charge in [-0.3, -0.25) is 4.68 Å². The summed E-state index contributed by atoms with van der Waals surface area (Å²) in [6, 6.07) is 11.4. The second-order valence-electron chi connectivity index (χ2n) is 4.03. The zero-order valence-corrected chi connectivity index (χ0v) is 12.1. The van der Waals surface area contributed by atoms with Gasteiger partial charge in [-0.15, -0.1) is 11.3 Å². The molecule has 1 aromatic carbocycles. The number of halogens is 1. The highest BCUT2D eigenvalue weighted by Crippen LogP contribution is 2.25. The van der Waals surface area contributed by atoms with E-state index in [2.05, 4.69) is 21.0 Å². The minimum atomic E-state index is -0.998. The van der Waals surface area contributed by atoms with Gasteiger partial charge in [0.2, 0.25) is 0 Å². The van der Waals surface area contributed by atoms with Gasteiger partial charge in [0.05, 0.1) is 15.8 Å². The molecule has 0 unspecified atom stereocenters. The maximum Gasteiger partial charge on any atom is 0.357 e. The summed E-state index contributed by atoms with van der Waals surface area (Å²) in [5, 5.41) is 14.1. The normalized spacial score (nSPS) is 11.0. The number of para-hydroxylation sites is 1. The van der Waals surface area contributed by atoms with Gasteiger partial charge in [0.15, 0.2) is 5.69 Å². The Kier molecular flexibility index (Phi) is 3.12. The Hall–Kier alpha value is -1.66. The first-order valence-electron chi connectivity index (χ1n) is 5.58. The first kappa shape index (κ1) is 12.4. The van der Waals surface area contributed by atoms with Crippen molar-refractivity contribution in [2.45, 2.75) is 6.54 Å². The third kappa shape index (κ3) is 2.29. The summed E-state index contributed by atoms with van der Waals surface area (Å²) in [5.41, 5.74) is 0.940. The molecule has 0 saturated carbocycles. The Labute approximate surface area is 121 Å². The van der Waals surface area contributed by atoms with Crippen molar-refractivity contribution in [1.29, 1.82) is 0 Å². The SMILES string of the molecule is O=C(O)c1nn(Cc2ccc(Br)s2)c2ccccc12. The average Bonchev–Trinajstić information content (AvgIpc) is 2.95. The van der Waals surface area contributed by atoms with Gasteiger partial charge in [-0.05, 0) is 34.1 Å². The summed E-state index contributed by atoms with van der Waals surface area (Å²) < 4.78 is 2.79. The molecule has 0 aliphatic heterocycles. The summed E-state index contributed by atoms with van der Waals surface area (Å²) in [5.74, 6) is -0.998. The number of hydrogen-bond acceptors (Lipinski definition) is 3. The van der Waals surface area contributed by atoms with E-state index >= 15 is 0 Å². The second kappa shape index (κ2) is 4.79. The fourth-order valence-corrected chi connectivity index (χ4v) is 3.46. The first-order valence-corrected chi connectivity index (χ1v) is 7.19. The molecule has 19 heavy (non-hydrogen) atoms. The fraction of sp³-hybridized carbons (Fsp3) is 0.0769. The fourth-order valence-electron chi connectivity index (χ4n) is 1.99. The van der Waals surface area contributed by atoms with Crippen LogP contribution in [0.1, 0.15) is 15.4 Å². The molecule has 3 rings (SSSR count). The van der Waals surface area contributed by atoms with Gasteiger partial charge in [0.25, 0.3) is 0 Å². The molecule has 2 aromatic heterocycles. The van der Waals surface area contributed by atoms with Crippen LogP contribution in [0.15, 0.2) is 40.2 Å². The van der Waals surface area contributed by atoms with Crippen molar-refractivity contribution in [3.63, 3.8) is 0 Å². The van der Waals surface area contributed by atoms with Crippen LogP contribution in [0.25, 0.3) is 10.9 Å². The van der Waals surface area contributed by atoms with E-state index in [4.69, 9.17) is 0 Å². The third-order valence-corrected chi connectivity index (χ3v) is 4.40. The zero-order valence-electron chi connectivity index (χ0n) is 9.71. The Morgan fingerprint density at radius 3 is 2.79 bits per heavy atom. The lowest BCUT2D eigenvalue weighted by Gasteiger charge is -2.00. The highest BCUT2D eigenvalue weighted by Gasteiger charge is 2.16. The molecule has 4 nitrogen and oxygen atoms in total. The summed E-state index contributed by atoms with van der Waals surface area (Å²) in [7, 11) is 0. The van der Waals surface area contributed by atoms with Crippen molar-refractivity contribution in [3.05, 3.63) is 50.8 Å². The van der Waals surface area contributed by atoms with E-state index in [1.54, 1.807) is 22.1 Å². The van der Waals surface area contributed by atoms with Crippen LogP contribution in [0, 0.1) is 0 Å². The number of aromatic nitrogens is 2. The Morgan fingerprint density at radius 2 is 2.11 bits per heavy atom. The predicted octanol–water partition coefficient (Wildman–Crippen LogP) is 3.61. The highest BCUT2D eigenvalue weighted by molar-refractivity contribution is 9.11. The monoisotopic (exact) mass is 336 g/mol. The molecule has 0 amide bonds. The van der Waals surface area contributed by atoms with Crippen molar-refractivity contribution in [2.24, 2.45) is 0 Å². The van der Waals surface area contributed by atoms with E-state index in [1.807, 2.05) is 30.3 Å². The van der Waals surface area contributed by atoms with Gasteiger partial charge >= 0.3 is 5.97 Å². The van der Waals surface area contributed by atoms with Crippen LogP contribution in [0.5, 0.6) is 0 Å². The molecule has 0 atom stereocenters. The maximum absolute atomic E-state index is 11.2. The van der Waals surface area contributed by atoms with Gasteiger partial charge in [0, 0.05) is 10.3 Å². The molecule has 0 spiro atoms. The van der Waals surface area contributed by atoms with Crippen LogP contribution in [0.4, 0.5) is 0 Å². The Morgan fingerprint density at radius 1 is 1.32 bits per heavy atom. The van der Waals surface area contributed by atoms with Crippen molar-refractivity contribution >= 4 is 44.1 Å². The van der Waals surface area contributed by atoms with Crippen molar-refractivity contribution in [3.8, 4) is 0 Å². The summed E-state index contributed by atoms with van der Waals surface area (Å²) in [4.78, 5) is 12.3. The number of hydrogen-bond donors (Lipinski definition) is 1. The van der Waals surface area contributed by atoms with Crippen LogP contribution in [-0.2, 0) is 6.54 Å². The average molecular weight is 337 g/mol. The van der Waals surface area contributed by atoms with E-state index in [1.165, 1.54) is 0 Å². The molecule has 1 N–H and O–H groups in total. The molecular formula is C13H9BrN2O2S. The number of carboxylic acid groups (broad SMARTS) is 1. The zero-order chi connectivity index (χ0) is 13.4. The van der Waals surface area contributed by atoms with E-state index in [9.17, 15) is 9.90 Å². The molecule has 96 valence electrons. The first-order chi connectivity index (χ1) is 9.15. The van der Waals surface area contributed by atoms with Gasteiger partial charge in [0.1, 0.15) is 0 Å². The minimum Gasteiger partial charge on any atom is -0.476 e.